The summed E-state index contributed by atoms with van der Waals surface area (Å²) < 4.78 is 5.81. The topological polar surface area (TPSA) is 56.5 Å². The smallest absolute Gasteiger partial charge is 0.119 e. The average molecular weight is 421 g/mol. The Morgan fingerprint density at radius 3 is 2.29 bits per heavy atom. The summed E-state index contributed by atoms with van der Waals surface area (Å²) in [5.41, 5.74) is 0.993. The number of aliphatic hydroxyl groups is 1. The van der Waals surface area contributed by atoms with Crippen molar-refractivity contribution >= 4 is 0 Å². The number of likely N-dealkylation sites (tertiary alicyclic amines) is 1. The number of hydrogen-bond donors (Lipinski definition) is 1. The first-order valence-electron chi connectivity index (χ1n) is 11.7. The standard InChI is InChI=1S/C27H36N2O2/c1-3-23(4-2)27(30,24-9-6-5-7-10-24)25-15-18-29(19-16-25)17-8-20-31-26-13-11-22(21-28)12-14-26/h5-7,9-14,23,25,30H,3-4,8,15-20H2,1-2H3. The van der Waals surface area contributed by atoms with Crippen LogP contribution in [0.1, 0.15) is 57.1 Å². The lowest BCUT2D eigenvalue weighted by molar-refractivity contribution is -0.0975. The van der Waals surface area contributed by atoms with Gasteiger partial charge in [-0.25, -0.2) is 0 Å². The molecule has 1 N–H and O–H groups in total. The van der Waals surface area contributed by atoms with Crippen LogP contribution in [0.5, 0.6) is 5.75 Å². The Balaban J connectivity index is 1.50. The molecular formula is C27H36N2O2. The molecule has 1 fully saturated rings. The molecule has 31 heavy (non-hydrogen) atoms. The molecule has 166 valence electrons. The van der Waals surface area contributed by atoms with Gasteiger partial charge in [0.1, 0.15) is 5.75 Å². The summed E-state index contributed by atoms with van der Waals surface area (Å²) in [5.74, 6) is 1.40. The number of piperidine rings is 1. The molecule has 0 aliphatic carbocycles. The highest BCUT2D eigenvalue weighted by molar-refractivity contribution is 5.34. The number of nitriles is 1. The van der Waals surface area contributed by atoms with Crippen LogP contribution in [0, 0.1) is 23.2 Å². The van der Waals surface area contributed by atoms with Gasteiger partial charge in [-0.15, -0.1) is 0 Å². The quantitative estimate of drug-likeness (QED) is 0.526. The van der Waals surface area contributed by atoms with Crippen molar-refractivity contribution in [1.82, 2.24) is 4.90 Å². The van der Waals surface area contributed by atoms with Gasteiger partial charge < -0.3 is 14.7 Å². The summed E-state index contributed by atoms with van der Waals surface area (Å²) >= 11 is 0. The van der Waals surface area contributed by atoms with E-state index < -0.39 is 5.60 Å². The van der Waals surface area contributed by atoms with Crippen LogP contribution in [0.15, 0.2) is 54.6 Å². The van der Waals surface area contributed by atoms with Crippen LogP contribution < -0.4 is 4.74 Å². The van der Waals surface area contributed by atoms with Gasteiger partial charge in [0.25, 0.3) is 0 Å². The number of hydrogen-bond acceptors (Lipinski definition) is 4. The van der Waals surface area contributed by atoms with Gasteiger partial charge in [0.15, 0.2) is 0 Å². The molecule has 0 bridgehead atoms. The first-order chi connectivity index (χ1) is 15.1. The maximum Gasteiger partial charge on any atom is 0.119 e. The molecule has 0 aromatic heterocycles. The Labute approximate surface area is 187 Å². The lowest BCUT2D eigenvalue weighted by atomic mass is 9.67. The van der Waals surface area contributed by atoms with Gasteiger partial charge in [0, 0.05) is 6.54 Å². The molecule has 0 amide bonds. The fraction of sp³-hybridized carbons (Fsp3) is 0.519. The lowest BCUT2D eigenvalue weighted by Gasteiger charge is -2.46. The minimum Gasteiger partial charge on any atom is -0.494 e. The summed E-state index contributed by atoms with van der Waals surface area (Å²) in [6.45, 7) is 8.13. The SMILES string of the molecule is CCC(CC)C(O)(c1ccccc1)C1CCN(CCCOc2ccc(C#N)cc2)CC1. The molecule has 0 spiro atoms. The maximum atomic E-state index is 12.0. The summed E-state index contributed by atoms with van der Waals surface area (Å²) in [6, 6.07) is 19.7. The largest absolute Gasteiger partial charge is 0.494 e. The second-order valence-corrected chi connectivity index (χ2v) is 8.66. The van der Waals surface area contributed by atoms with Gasteiger partial charge in [0.2, 0.25) is 0 Å². The third kappa shape index (κ3) is 5.67. The van der Waals surface area contributed by atoms with Gasteiger partial charge >= 0.3 is 0 Å². The van der Waals surface area contributed by atoms with Crippen molar-refractivity contribution in [3.8, 4) is 11.8 Å². The Morgan fingerprint density at radius 1 is 1.06 bits per heavy atom. The van der Waals surface area contributed by atoms with Gasteiger partial charge in [0.05, 0.1) is 23.8 Å². The van der Waals surface area contributed by atoms with Crippen molar-refractivity contribution in [3.63, 3.8) is 0 Å². The van der Waals surface area contributed by atoms with Crippen molar-refractivity contribution in [1.29, 1.82) is 5.26 Å². The Bertz CT molecular complexity index is 819. The van der Waals surface area contributed by atoms with E-state index >= 15 is 0 Å². The second kappa shape index (κ2) is 11.3. The highest BCUT2D eigenvalue weighted by Gasteiger charge is 2.44. The zero-order chi connectivity index (χ0) is 22.1. The highest BCUT2D eigenvalue weighted by Crippen LogP contribution is 2.44. The summed E-state index contributed by atoms with van der Waals surface area (Å²) in [6.07, 6.45) is 5.01. The molecule has 4 heteroatoms. The predicted molar refractivity (Wildman–Crippen MR) is 125 cm³/mol. The minimum absolute atomic E-state index is 0.285. The van der Waals surface area contributed by atoms with E-state index in [0.29, 0.717) is 18.1 Å². The molecule has 4 nitrogen and oxygen atoms in total. The van der Waals surface area contributed by atoms with Crippen LogP contribution in [0.4, 0.5) is 0 Å². The molecule has 1 aliphatic rings. The molecule has 0 radical (unpaired) electrons. The molecule has 1 aliphatic heterocycles. The predicted octanol–water partition coefficient (Wildman–Crippen LogP) is 5.36. The fourth-order valence-electron chi connectivity index (χ4n) is 5.12. The van der Waals surface area contributed by atoms with Gasteiger partial charge in [-0.3, -0.25) is 0 Å². The number of ether oxygens (including phenoxy) is 1. The summed E-state index contributed by atoms with van der Waals surface area (Å²) in [4.78, 5) is 2.50. The Kier molecular flexibility index (Phi) is 8.51. The molecule has 0 saturated carbocycles. The van der Waals surface area contributed by atoms with Crippen molar-refractivity contribution in [3.05, 3.63) is 65.7 Å². The third-order valence-electron chi connectivity index (χ3n) is 6.93. The van der Waals surface area contributed by atoms with E-state index in [-0.39, 0.29) is 5.92 Å². The Morgan fingerprint density at radius 2 is 1.71 bits per heavy atom. The molecule has 1 atom stereocenters. The summed E-state index contributed by atoms with van der Waals surface area (Å²) in [5, 5.41) is 20.8. The minimum atomic E-state index is -0.741. The van der Waals surface area contributed by atoms with Crippen LogP contribution in [-0.2, 0) is 5.60 Å². The molecule has 2 aromatic carbocycles. The van der Waals surface area contributed by atoms with E-state index in [0.717, 1.165) is 63.1 Å². The zero-order valence-corrected chi connectivity index (χ0v) is 19.0. The number of nitrogens with zero attached hydrogens (tertiary/aromatic N) is 2. The number of benzene rings is 2. The second-order valence-electron chi connectivity index (χ2n) is 8.66. The van der Waals surface area contributed by atoms with Crippen molar-refractivity contribution in [2.75, 3.05) is 26.2 Å². The zero-order valence-electron chi connectivity index (χ0n) is 19.0. The van der Waals surface area contributed by atoms with Crippen LogP contribution in [0.2, 0.25) is 0 Å². The Hall–Kier alpha value is -2.35. The monoisotopic (exact) mass is 420 g/mol. The van der Waals surface area contributed by atoms with E-state index in [4.69, 9.17) is 10.00 Å². The molecular weight excluding hydrogens is 384 g/mol. The molecule has 1 saturated heterocycles. The van der Waals surface area contributed by atoms with Crippen molar-refractivity contribution in [2.24, 2.45) is 11.8 Å². The van der Waals surface area contributed by atoms with Crippen molar-refractivity contribution in [2.45, 2.75) is 51.6 Å². The van der Waals surface area contributed by atoms with E-state index in [1.165, 1.54) is 0 Å². The average Bonchev–Trinajstić information content (AvgIpc) is 2.83. The molecule has 2 aromatic rings. The fourth-order valence-corrected chi connectivity index (χ4v) is 5.12. The third-order valence-corrected chi connectivity index (χ3v) is 6.93. The highest BCUT2D eigenvalue weighted by atomic mass is 16.5. The molecule has 3 rings (SSSR count). The summed E-state index contributed by atoms with van der Waals surface area (Å²) in [7, 11) is 0. The number of rotatable bonds is 10. The van der Waals surface area contributed by atoms with Gasteiger partial charge in [-0.1, -0.05) is 57.0 Å². The first-order valence-corrected chi connectivity index (χ1v) is 11.7. The van der Waals surface area contributed by atoms with Gasteiger partial charge in [-0.05, 0) is 74.0 Å². The van der Waals surface area contributed by atoms with Crippen LogP contribution in [-0.4, -0.2) is 36.2 Å². The van der Waals surface area contributed by atoms with Crippen LogP contribution >= 0.6 is 0 Å². The lowest BCUT2D eigenvalue weighted by Crippen LogP contribution is -2.47. The normalized spacial score (nSPS) is 17.3. The van der Waals surface area contributed by atoms with Gasteiger partial charge in [-0.2, -0.15) is 5.26 Å². The molecule has 1 heterocycles. The van der Waals surface area contributed by atoms with E-state index in [9.17, 15) is 5.11 Å². The van der Waals surface area contributed by atoms with E-state index in [2.05, 4.69) is 36.9 Å². The van der Waals surface area contributed by atoms with Crippen molar-refractivity contribution < 1.29 is 9.84 Å². The van der Waals surface area contributed by atoms with Crippen LogP contribution in [0.3, 0.4) is 0 Å². The maximum absolute atomic E-state index is 12.0. The molecule has 1 unspecified atom stereocenters. The first kappa shape index (κ1) is 23.3. The van der Waals surface area contributed by atoms with E-state index in [1.54, 1.807) is 12.1 Å². The van der Waals surface area contributed by atoms with E-state index in [1.807, 2.05) is 30.3 Å². The van der Waals surface area contributed by atoms with Crippen LogP contribution in [0.25, 0.3) is 0 Å².